The fraction of sp³-hybridized carbons (Fsp3) is 0.278. The highest BCUT2D eigenvalue weighted by molar-refractivity contribution is 7.10. The molecule has 0 saturated heterocycles. The van der Waals surface area contributed by atoms with E-state index in [0.29, 0.717) is 6.54 Å². The molecule has 0 fully saturated rings. The molecule has 0 amide bonds. The van der Waals surface area contributed by atoms with Crippen LogP contribution in [0.2, 0.25) is 5.02 Å². The van der Waals surface area contributed by atoms with E-state index in [2.05, 4.69) is 40.9 Å². The zero-order chi connectivity index (χ0) is 16.8. The van der Waals surface area contributed by atoms with Gasteiger partial charge < -0.3 is 10.3 Å². The first-order chi connectivity index (χ1) is 11.2. The SMILES string of the molecule is C=C(NCc1cc2cc(Cl)c(CC)cc2[nH]1)c1nccs1.CC. The Labute approximate surface area is 146 Å². The molecule has 1 aromatic carbocycles. The van der Waals surface area contributed by atoms with Crippen molar-refractivity contribution in [1.29, 1.82) is 0 Å². The maximum absolute atomic E-state index is 6.26. The van der Waals surface area contributed by atoms with Gasteiger partial charge >= 0.3 is 0 Å². The summed E-state index contributed by atoms with van der Waals surface area (Å²) < 4.78 is 0. The fourth-order valence-corrected chi connectivity index (χ4v) is 3.17. The lowest BCUT2D eigenvalue weighted by molar-refractivity contribution is 0.865. The number of hydrogen-bond donors (Lipinski definition) is 2. The molecule has 0 unspecified atom stereocenters. The standard InChI is InChI=1S/C16H16ClN3S.C2H6/c1-3-11-8-15-12(7-14(11)17)6-13(20-15)9-19-10(2)16-18-4-5-21-16;1-2/h4-8,19-20H,2-3,9H2,1H3;1-2H3. The highest BCUT2D eigenvalue weighted by Crippen LogP contribution is 2.25. The van der Waals surface area contributed by atoms with Gasteiger partial charge in [0.05, 0.1) is 12.2 Å². The highest BCUT2D eigenvalue weighted by atomic mass is 35.5. The van der Waals surface area contributed by atoms with Gasteiger partial charge in [0.1, 0.15) is 5.01 Å². The number of nitrogens with one attached hydrogen (secondary N) is 2. The summed E-state index contributed by atoms with van der Waals surface area (Å²) in [6.45, 7) is 10.8. The molecule has 23 heavy (non-hydrogen) atoms. The first kappa shape index (κ1) is 17.6. The summed E-state index contributed by atoms with van der Waals surface area (Å²) in [6, 6.07) is 6.25. The van der Waals surface area contributed by atoms with Gasteiger partial charge in [0.15, 0.2) is 0 Å². The smallest absolute Gasteiger partial charge is 0.138 e. The molecule has 0 atom stereocenters. The van der Waals surface area contributed by atoms with Crippen molar-refractivity contribution in [3.8, 4) is 0 Å². The molecule has 2 aromatic heterocycles. The number of rotatable bonds is 5. The number of aromatic nitrogens is 2. The van der Waals surface area contributed by atoms with E-state index in [1.807, 2.05) is 25.3 Å². The van der Waals surface area contributed by atoms with E-state index in [-0.39, 0.29) is 0 Å². The Morgan fingerprint density at radius 3 is 2.78 bits per heavy atom. The van der Waals surface area contributed by atoms with Gasteiger partial charge in [-0.3, -0.25) is 0 Å². The van der Waals surface area contributed by atoms with Gasteiger partial charge in [0.2, 0.25) is 0 Å². The van der Waals surface area contributed by atoms with Crippen molar-refractivity contribution in [3.05, 3.63) is 57.6 Å². The molecule has 3 aromatic rings. The zero-order valence-corrected chi connectivity index (χ0v) is 15.3. The molecule has 3 nitrogen and oxygen atoms in total. The molecule has 2 N–H and O–H groups in total. The van der Waals surface area contributed by atoms with Gasteiger partial charge in [0, 0.05) is 33.2 Å². The summed E-state index contributed by atoms with van der Waals surface area (Å²) in [5.41, 5.74) is 4.23. The van der Waals surface area contributed by atoms with E-state index in [0.717, 1.165) is 44.3 Å². The summed E-state index contributed by atoms with van der Waals surface area (Å²) in [4.78, 5) is 7.65. The maximum Gasteiger partial charge on any atom is 0.138 e. The number of aryl methyl sites for hydroxylation is 1. The molecule has 0 saturated carbocycles. The minimum Gasteiger partial charge on any atom is -0.378 e. The molecule has 122 valence electrons. The van der Waals surface area contributed by atoms with Crippen LogP contribution in [0.15, 0.2) is 36.4 Å². The Kier molecular flexibility index (Phi) is 6.25. The second kappa shape index (κ2) is 8.18. The molecule has 0 aliphatic rings. The van der Waals surface area contributed by atoms with Crippen LogP contribution in [0.3, 0.4) is 0 Å². The lowest BCUT2D eigenvalue weighted by atomic mass is 10.1. The second-order valence-corrected chi connectivity index (χ2v) is 6.15. The maximum atomic E-state index is 6.26. The van der Waals surface area contributed by atoms with Crippen LogP contribution in [0.25, 0.3) is 16.6 Å². The van der Waals surface area contributed by atoms with E-state index in [1.165, 1.54) is 0 Å². The Balaban J connectivity index is 0.000000924. The van der Waals surface area contributed by atoms with Crippen molar-refractivity contribution in [3.63, 3.8) is 0 Å². The van der Waals surface area contributed by atoms with Crippen molar-refractivity contribution in [1.82, 2.24) is 15.3 Å². The third-order valence-corrected chi connectivity index (χ3v) is 4.59. The molecular weight excluding hydrogens is 326 g/mol. The largest absolute Gasteiger partial charge is 0.378 e. The molecule has 0 radical (unpaired) electrons. The molecule has 3 rings (SSSR count). The Morgan fingerprint density at radius 2 is 2.13 bits per heavy atom. The van der Waals surface area contributed by atoms with Crippen LogP contribution in [0.1, 0.15) is 37.0 Å². The second-order valence-electron chi connectivity index (χ2n) is 4.85. The Hall–Kier alpha value is -1.78. The molecule has 2 heterocycles. The molecular formula is C18H22ClN3S. The predicted octanol–water partition coefficient (Wildman–Crippen LogP) is 5.63. The number of fused-ring (bicyclic) bond motifs is 1. The summed E-state index contributed by atoms with van der Waals surface area (Å²) in [6.07, 6.45) is 2.71. The van der Waals surface area contributed by atoms with Crippen LogP contribution in [0.5, 0.6) is 0 Å². The van der Waals surface area contributed by atoms with Crippen molar-refractivity contribution >= 4 is 39.5 Å². The van der Waals surface area contributed by atoms with Crippen molar-refractivity contribution < 1.29 is 0 Å². The summed E-state index contributed by atoms with van der Waals surface area (Å²) in [7, 11) is 0. The average Bonchev–Trinajstić information content (AvgIpc) is 3.22. The van der Waals surface area contributed by atoms with Gasteiger partial charge in [-0.05, 0) is 30.2 Å². The lowest BCUT2D eigenvalue weighted by Gasteiger charge is -2.05. The molecule has 0 spiro atoms. The van der Waals surface area contributed by atoms with E-state index in [9.17, 15) is 0 Å². The molecule has 0 aliphatic heterocycles. The molecule has 5 heteroatoms. The van der Waals surface area contributed by atoms with Gasteiger partial charge in [-0.15, -0.1) is 11.3 Å². The minimum absolute atomic E-state index is 0.687. The first-order valence-electron chi connectivity index (χ1n) is 7.80. The number of benzene rings is 1. The fourth-order valence-electron chi connectivity index (χ4n) is 2.27. The van der Waals surface area contributed by atoms with E-state index < -0.39 is 0 Å². The van der Waals surface area contributed by atoms with E-state index in [1.54, 1.807) is 17.5 Å². The van der Waals surface area contributed by atoms with Crippen molar-refractivity contribution in [2.45, 2.75) is 33.7 Å². The van der Waals surface area contributed by atoms with Crippen LogP contribution >= 0.6 is 22.9 Å². The number of H-pyrrole nitrogens is 1. The average molecular weight is 348 g/mol. The lowest BCUT2D eigenvalue weighted by Crippen LogP contribution is -2.10. The van der Waals surface area contributed by atoms with Gasteiger partial charge in [-0.25, -0.2) is 4.98 Å². The Morgan fingerprint density at radius 1 is 1.35 bits per heavy atom. The van der Waals surface area contributed by atoms with Gasteiger partial charge in [-0.2, -0.15) is 0 Å². The Bertz CT molecular complexity index is 775. The van der Waals surface area contributed by atoms with Crippen LogP contribution in [0, 0.1) is 0 Å². The van der Waals surface area contributed by atoms with E-state index in [4.69, 9.17) is 11.6 Å². The van der Waals surface area contributed by atoms with E-state index >= 15 is 0 Å². The van der Waals surface area contributed by atoms with Crippen molar-refractivity contribution in [2.24, 2.45) is 0 Å². The summed E-state index contributed by atoms with van der Waals surface area (Å²) in [5.74, 6) is 0. The third kappa shape index (κ3) is 4.15. The van der Waals surface area contributed by atoms with Crippen LogP contribution in [-0.4, -0.2) is 9.97 Å². The summed E-state index contributed by atoms with van der Waals surface area (Å²) >= 11 is 7.83. The first-order valence-corrected chi connectivity index (χ1v) is 9.05. The van der Waals surface area contributed by atoms with Crippen LogP contribution in [0.4, 0.5) is 0 Å². The van der Waals surface area contributed by atoms with Crippen LogP contribution < -0.4 is 5.32 Å². The number of aromatic amines is 1. The number of halogens is 1. The normalized spacial score (nSPS) is 10.3. The summed E-state index contributed by atoms with van der Waals surface area (Å²) in [5, 5.41) is 8.12. The number of hydrogen-bond acceptors (Lipinski definition) is 3. The number of nitrogens with zero attached hydrogens (tertiary/aromatic N) is 1. The minimum atomic E-state index is 0.687. The predicted molar refractivity (Wildman–Crippen MR) is 102 cm³/mol. The topological polar surface area (TPSA) is 40.7 Å². The monoisotopic (exact) mass is 347 g/mol. The highest BCUT2D eigenvalue weighted by Gasteiger charge is 2.06. The van der Waals surface area contributed by atoms with Gasteiger partial charge in [-0.1, -0.05) is 39.0 Å². The molecule has 0 aliphatic carbocycles. The van der Waals surface area contributed by atoms with Gasteiger partial charge in [0.25, 0.3) is 0 Å². The van der Waals surface area contributed by atoms with Crippen molar-refractivity contribution in [2.75, 3.05) is 0 Å². The molecule has 0 bridgehead atoms. The zero-order valence-electron chi connectivity index (χ0n) is 13.7. The number of thiazole rings is 1. The van der Waals surface area contributed by atoms with Crippen LogP contribution in [-0.2, 0) is 13.0 Å². The third-order valence-electron chi connectivity index (χ3n) is 3.41. The quantitative estimate of drug-likeness (QED) is 0.628.